The lowest BCUT2D eigenvalue weighted by molar-refractivity contribution is 0.647. The van der Waals surface area contributed by atoms with Crippen molar-refractivity contribution in [1.82, 2.24) is 5.43 Å². The number of hydrogen-bond donors (Lipinski definition) is 2. The Balaban J connectivity index is 2.07. The minimum absolute atomic E-state index is 0.0525. The van der Waals surface area contributed by atoms with Gasteiger partial charge in [0.1, 0.15) is 0 Å². The Morgan fingerprint density at radius 3 is 2.72 bits per heavy atom. The van der Waals surface area contributed by atoms with Gasteiger partial charge in [0.05, 0.1) is 6.04 Å². The second kappa shape index (κ2) is 4.99. The lowest BCUT2D eigenvalue weighted by Gasteiger charge is -2.15. The van der Waals surface area contributed by atoms with Crippen molar-refractivity contribution in [1.29, 1.82) is 0 Å². The molecule has 2 heterocycles. The fourth-order valence-electron chi connectivity index (χ4n) is 1.96. The van der Waals surface area contributed by atoms with E-state index in [0.717, 1.165) is 10.6 Å². The van der Waals surface area contributed by atoms with Crippen molar-refractivity contribution in [2.45, 2.75) is 6.04 Å². The van der Waals surface area contributed by atoms with Crippen molar-refractivity contribution in [3.63, 3.8) is 0 Å². The van der Waals surface area contributed by atoms with Gasteiger partial charge in [0.15, 0.2) is 0 Å². The first-order valence-corrected chi connectivity index (χ1v) is 7.54. The molecule has 3 rings (SSSR count). The quantitative estimate of drug-likeness (QED) is 0.562. The second-order valence-electron chi connectivity index (χ2n) is 3.92. The summed E-state index contributed by atoms with van der Waals surface area (Å²) >= 11 is 9.73. The zero-order valence-electron chi connectivity index (χ0n) is 9.39. The first-order chi connectivity index (χ1) is 8.79. The van der Waals surface area contributed by atoms with Crippen LogP contribution in [-0.2, 0) is 0 Å². The predicted molar refractivity (Wildman–Crippen MR) is 80.3 cm³/mol. The van der Waals surface area contributed by atoms with E-state index < -0.39 is 0 Å². The molecule has 0 aliphatic carbocycles. The molecule has 0 spiro atoms. The average Bonchev–Trinajstić information content (AvgIpc) is 2.93. The molecule has 3 aromatic rings. The van der Waals surface area contributed by atoms with Gasteiger partial charge in [-0.25, -0.2) is 5.43 Å². The molecule has 92 valence electrons. The van der Waals surface area contributed by atoms with Crippen LogP contribution in [0, 0.1) is 0 Å². The molecular weight excluding hydrogens is 284 g/mol. The maximum atomic E-state index is 6.23. The van der Waals surface area contributed by atoms with Crippen molar-refractivity contribution in [3.8, 4) is 0 Å². The van der Waals surface area contributed by atoms with E-state index in [2.05, 4.69) is 22.9 Å². The highest BCUT2D eigenvalue weighted by Gasteiger charge is 2.18. The normalized spacial score (nSPS) is 13.0. The fraction of sp³-hybridized carbons (Fsp3) is 0.0769. The number of benzene rings is 1. The molecule has 0 saturated heterocycles. The Morgan fingerprint density at radius 1 is 1.17 bits per heavy atom. The molecule has 1 atom stereocenters. The maximum Gasteiger partial charge on any atom is 0.0817 e. The highest BCUT2D eigenvalue weighted by Crippen LogP contribution is 2.37. The summed E-state index contributed by atoms with van der Waals surface area (Å²) in [5, 5.41) is 2.84. The van der Waals surface area contributed by atoms with Gasteiger partial charge in [0.25, 0.3) is 0 Å². The molecule has 5 heteroatoms. The van der Waals surface area contributed by atoms with Crippen molar-refractivity contribution in [2.75, 3.05) is 0 Å². The number of fused-ring (bicyclic) bond motifs is 1. The number of thiophene rings is 2. The number of nitrogens with two attached hydrogens (primary N) is 1. The van der Waals surface area contributed by atoms with E-state index in [9.17, 15) is 0 Å². The van der Waals surface area contributed by atoms with Crippen LogP contribution in [0.15, 0.2) is 41.8 Å². The Hall–Kier alpha value is -0.910. The molecule has 0 aliphatic rings. The number of hydrogen-bond acceptors (Lipinski definition) is 4. The van der Waals surface area contributed by atoms with Gasteiger partial charge in [0.2, 0.25) is 0 Å². The number of halogens is 1. The summed E-state index contributed by atoms with van der Waals surface area (Å²) in [6.45, 7) is 0. The highest BCUT2D eigenvalue weighted by molar-refractivity contribution is 7.27. The minimum Gasteiger partial charge on any atom is -0.271 e. The molecular formula is C13H11ClN2S2. The Kier molecular flexibility index (Phi) is 3.37. The SMILES string of the molecule is NNC(c1cc2sccc2s1)c1ccccc1Cl. The van der Waals surface area contributed by atoms with Crippen LogP contribution in [0.25, 0.3) is 9.40 Å². The zero-order chi connectivity index (χ0) is 12.5. The van der Waals surface area contributed by atoms with Gasteiger partial charge in [-0.2, -0.15) is 0 Å². The molecule has 1 unspecified atom stereocenters. The van der Waals surface area contributed by atoms with Gasteiger partial charge in [-0.15, -0.1) is 22.7 Å². The standard InChI is InChI=1S/C13H11ClN2S2/c14-9-4-2-1-3-8(9)13(16-15)12-7-11-10(18-12)5-6-17-11/h1-7,13,16H,15H2. The summed E-state index contributed by atoms with van der Waals surface area (Å²) < 4.78 is 2.59. The van der Waals surface area contributed by atoms with Crippen LogP contribution < -0.4 is 11.3 Å². The zero-order valence-corrected chi connectivity index (χ0v) is 11.8. The average molecular weight is 295 g/mol. The van der Waals surface area contributed by atoms with Crippen LogP contribution in [0.5, 0.6) is 0 Å². The Morgan fingerprint density at radius 2 is 2.00 bits per heavy atom. The van der Waals surface area contributed by atoms with Crippen LogP contribution in [0.4, 0.5) is 0 Å². The Bertz CT molecular complexity index is 646. The fourth-order valence-corrected chi connectivity index (χ4v) is 4.41. The second-order valence-corrected chi connectivity index (χ2v) is 6.39. The van der Waals surface area contributed by atoms with Gasteiger partial charge in [-0.3, -0.25) is 5.84 Å². The molecule has 18 heavy (non-hydrogen) atoms. The summed E-state index contributed by atoms with van der Waals surface area (Å²) in [5.74, 6) is 5.70. The molecule has 2 aromatic heterocycles. The third kappa shape index (κ3) is 2.06. The van der Waals surface area contributed by atoms with E-state index in [4.69, 9.17) is 17.4 Å². The van der Waals surface area contributed by atoms with Gasteiger partial charge in [-0.05, 0) is 29.1 Å². The summed E-state index contributed by atoms with van der Waals surface area (Å²) in [4.78, 5) is 1.19. The molecule has 0 aliphatic heterocycles. The van der Waals surface area contributed by atoms with Gasteiger partial charge in [-0.1, -0.05) is 29.8 Å². The number of hydrazine groups is 1. The number of rotatable bonds is 3. The molecule has 0 radical (unpaired) electrons. The predicted octanol–water partition coefficient (Wildman–Crippen LogP) is 4.17. The summed E-state index contributed by atoms with van der Waals surface area (Å²) in [6, 6.07) is 12.0. The largest absolute Gasteiger partial charge is 0.271 e. The first kappa shape index (κ1) is 12.1. The summed E-state index contributed by atoms with van der Waals surface area (Å²) in [6.07, 6.45) is 0. The lowest BCUT2D eigenvalue weighted by Crippen LogP contribution is -2.28. The molecule has 0 fully saturated rings. The van der Waals surface area contributed by atoms with Gasteiger partial charge in [0, 0.05) is 19.3 Å². The van der Waals surface area contributed by atoms with Crippen LogP contribution in [0.1, 0.15) is 16.5 Å². The van der Waals surface area contributed by atoms with Crippen LogP contribution in [0.2, 0.25) is 5.02 Å². The van der Waals surface area contributed by atoms with Crippen LogP contribution in [0.3, 0.4) is 0 Å². The number of nitrogens with one attached hydrogen (secondary N) is 1. The van der Waals surface area contributed by atoms with E-state index in [1.807, 2.05) is 24.3 Å². The molecule has 2 nitrogen and oxygen atoms in total. The van der Waals surface area contributed by atoms with Gasteiger partial charge >= 0.3 is 0 Å². The molecule has 0 bridgehead atoms. The third-order valence-electron chi connectivity index (χ3n) is 2.83. The smallest absolute Gasteiger partial charge is 0.0817 e. The van der Waals surface area contributed by atoms with E-state index in [1.54, 1.807) is 22.7 Å². The molecule has 3 N–H and O–H groups in total. The summed E-state index contributed by atoms with van der Waals surface area (Å²) in [5.41, 5.74) is 3.87. The highest BCUT2D eigenvalue weighted by atomic mass is 35.5. The maximum absolute atomic E-state index is 6.23. The van der Waals surface area contributed by atoms with E-state index in [0.29, 0.717) is 0 Å². The van der Waals surface area contributed by atoms with Crippen molar-refractivity contribution in [3.05, 3.63) is 57.2 Å². The van der Waals surface area contributed by atoms with E-state index in [-0.39, 0.29) is 6.04 Å². The van der Waals surface area contributed by atoms with Crippen LogP contribution >= 0.6 is 34.3 Å². The third-order valence-corrected chi connectivity index (χ3v) is 5.33. The van der Waals surface area contributed by atoms with Crippen molar-refractivity contribution in [2.24, 2.45) is 5.84 Å². The van der Waals surface area contributed by atoms with Crippen LogP contribution in [-0.4, -0.2) is 0 Å². The van der Waals surface area contributed by atoms with E-state index >= 15 is 0 Å². The topological polar surface area (TPSA) is 38.0 Å². The molecule has 0 amide bonds. The first-order valence-electron chi connectivity index (χ1n) is 5.47. The minimum atomic E-state index is -0.0525. The molecule has 0 saturated carbocycles. The lowest BCUT2D eigenvalue weighted by atomic mass is 10.1. The van der Waals surface area contributed by atoms with Crippen molar-refractivity contribution >= 4 is 43.7 Å². The van der Waals surface area contributed by atoms with Gasteiger partial charge < -0.3 is 0 Å². The Labute approximate surface area is 118 Å². The molecule has 1 aromatic carbocycles. The van der Waals surface area contributed by atoms with Crippen molar-refractivity contribution < 1.29 is 0 Å². The monoisotopic (exact) mass is 294 g/mol. The van der Waals surface area contributed by atoms with E-state index in [1.165, 1.54) is 14.3 Å². The summed E-state index contributed by atoms with van der Waals surface area (Å²) in [7, 11) is 0.